The summed E-state index contributed by atoms with van der Waals surface area (Å²) in [6.45, 7) is 0. The molecule has 0 spiro atoms. The quantitative estimate of drug-likeness (QED) is 0.567. The van der Waals surface area contributed by atoms with Crippen molar-refractivity contribution in [3.63, 3.8) is 0 Å². The number of rotatable bonds is 4. The predicted molar refractivity (Wildman–Crippen MR) is 53.6 cm³/mol. The van der Waals surface area contributed by atoms with Crippen LogP contribution >= 0.6 is 0 Å². The molecule has 0 aliphatic carbocycles. The molecule has 4 nitrogen and oxygen atoms in total. The van der Waals surface area contributed by atoms with Gasteiger partial charge in [0.05, 0.1) is 0 Å². The number of esters is 2. The average Bonchev–Trinajstić information content (AvgIpc) is 2.76. The Labute approximate surface area is 94.8 Å². The van der Waals surface area contributed by atoms with Crippen LogP contribution in [-0.2, 0) is 19.1 Å². The van der Waals surface area contributed by atoms with Crippen LogP contribution in [0.5, 0.6) is 0 Å². The van der Waals surface area contributed by atoms with Gasteiger partial charge in [0.15, 0.2) is 0 Å². The van der Waals surface area contributed by atoms with E-state index in [0.717, 1.165) is 23.5 Å². The molecule has 0 aromatic heterocycles. The Morgan fingerprint density at radius 3 is 1.80 bits per heavy atom. The van der Waals surface area contributed by atoms with Crippen molar-refractivity contribution < 1.29 is 19.1 Å². The summed E-state index contributed by atoms with van der Waals surface area (Å²) in [5.74, 6) is -0.133. The van der Waals surface area contributed by atoms with Gasteiger partial charge in [-0.3, -0.25) is 0 Å². The number of hydrogen-bond acceptors (Lipinski definition) is 4. The fourth-order valence-electron chi connectivity index (χ4n) is 1.73. The molecule has 2 saturated heterocycles. The summed E-state index contributed by atoms with van der Waals surface area (Å²) in [5.41, 5.74) is 0. The van der Waals surface area contributed by atoms with Crippen LogP contribution in [0, 0.1) is 0 Å². The van der Waals surface area contributed by atoms with Gasteiger partial charge in [-0.05, 0) is 0 Å². The first kappa shape index (κ1) is 11.0. The van der Waals surface area contributed by atoms with E-state index < -0.39 is 0 Å². The van der Waals surface area contributed by atoms with Crippen LogP contribution < -0.4 is 0 Å². The van der Waals surface area contributed by atoms with Crippen LogP contribution in [-0.4, -0.2) is 39.1 Å². The van der Waals surface area contributed by atoms with E-state index in [-0.39, 0.29) is 24.1 Å². The van der Waals surface area contributed by atoms with E-state index >= 15 is 0 Å². The maximum absolute atomic E-state index is 10.8. The molecule has 2 aliphatic heterocycles. The Bertz CT molecular complexity index is 240. The summed E-state index contributed by atoms with van der Waals surface area (Å²) in [4.78, 5) is 21.7. The monoisotopic (exact) mass is 278 g/mol. The van der Waals surface area contributed by atoms with Gasteiger partial charge in [0.25, 0.3) is 0 Å². The Morgan fingerprint density at radius 2 is 1.47 bits per heavy atom. The fraction of sp³-hybridized carbons (Fsp3) is 0.800. The van der Waals surface area contributed by atoms with E-state index in [1.807, 2.05) is 0 Å². The van der Waals surface area contributed by atoms with Gasteiger partial charge in [-0.2, -0.15) is 0 Å². The predicted octanol–water partition coefficient (Wildman–Crippen LogP) is 0.938. The van der Waals surface area contributed by atoms with E-state index in [2.05, 4.69) is 0 Å². The molecule has 0 radical (unpaired) electrons. The van der Waals surface area contributed by atoms with Crippen molar-refractivity contribution in [3.8, 4) is 0 Å². The van der Waals surface area contributed by atoms with Crippen molar-refractivity contribution in [2.45, 2.75) is 48.5 Å². The third kappa shape index (κ3) is 3.21. The molecule has 2 heterocycles. The molecule has 0 saturated carbocycles. The topological polar surface area (TPSA) is 52.6 Å². The first-order valence-electron chi connectivity index (χ1n) is 5.21. The molecule has 2 unspecified atom stereocenters. The third-order valence-corrected chi connectivity index (χ3v) is 5.09. The van der Waals surface area contributed by atoms with Crippen molar-refractivity contribution in [3.05, 3.63) is 0 Å². The van der Waals surface area contributed by atoms with Gasteiger partial charge in [-0.25, -0.2) is 0 Å². The number of cyclic esters (lactones) is 2. The van der Waals surface area contributed by atoms with Gasteiger partial charge < -0.3 is 0 Å². The van der Waals surface area contributed by atoms with Crippen molar-refractivity contribution in [2.24, 2.45) is 0 Å². The van der Waals surface area contributed by atoms with Crippen molar-refractivity contribution in [2.75, 3.05) is 0 Å². The van der Waals surface area contributed by atoms with Gasteiger partial charge in [0.1, 0.15) is 0 Å². The summed E-state index contributed by atoms with van der Waals surface area (Å²) in [5, 5.41) is 1.93. The SMILES string of the molecule is O=C1CCC(C[Se]CC2CCC(=O)O2)O1. The molecule has 2 atom stereocenters. The van der Waals surface area contributed by atoms with Crippen LogP contribution in [0.25, 0.3) is 0 Å². The minimum atomic E-state index is -0.0666. The Kier molecular flexibility index (Phi) is 3.65. The van der Waals surface area contributed by atoms with Gasteiger partial charge >= 0.3 is 94.5 Å². The summed E-state index contributed by atoms with van der Waals surface area (Å²) >= 11 is 0.421. The Hall–Kier alpha value is -0.541. The zero-order valence-corrected chi connectivity index (χ0v) is 10.2. The molecule has 2 aliphatic rings. The normalized spacial score (nSPS) is 30.4. The summed E-state index contributed by atoms with van der Waals surface area (Å²) in [7, 11) is 0. The minimum absolute atomic E-state index is 0.0666. The number of ether oxygens (including phenoxy) is 2. The molecule has 0 N–H and O–H groups in total. The number of carbonyl (C=O) groups excluding carboxylic acids is 2. The van der Waals surface area contributed by atoms with Gasteiger partial charge in [-0.15, -0.1) is 0 Å². The third-order valence-electron chi connectivity index (χ3n) is 2.54. The molecular formula is C10H14O4Se. The molecule has 84 valence electrons. The second kappa shape index (κ2) is 4.99. The van der Waals surface area contributed by atoms with Gasteiger partial charge in [0, 0.05) is 0 Å². The molecule has 2 rings (SSSR count). The van der Waals surface area contributed by atoms with Crippen molar-refractivity contribution in [1.82, 2.24) is 0 Å². The van der Waals surface area contributed by atoms with Gasteiger partial charge in [-0.1, -0.05) is 0 Å². The van der Waals surface area contributed by atoms with Crippen LogP contribution in [0.1, 0.15) is 25.7 Å². The fourth-order valence-corrected chi connectivity index (χ4v) is 4.10. The van der Waals surface area contributed by atoms with Crippen LogP contribution in [0.15, 0.2) is 0 Å². The molecule has 0 amide bonds. The van der Waals surface area contributed by atoms with Crippen LogP contribution in [0.3, 0.4) is 0 Å². The second-order valence-electron chi connectivity index (χ2n) is 3.84. The molecular weight excluding hydrogens is 263 g/mol. The maximum atomic E-state index is 10.8. The number of carbonyl (C=O) groups is 2. The Morgan fingerprint density at radius 1 is 1.00 bits per heavy atom. The van der Waals surface area contributed by atoms with Crippen LogP contribution in [0.4, 0.5) is 0 Å². The van der Waals surface area contributed by atoms with E-state index in [1.54, 1.807) is 0 Å². The van der Waals surface area contributed by atoms with E-state index in [1.165, 1.54) is 0 Å². The Balaban J connectivity index is 1.59. The summed E-state index contributed by atoms with van der Waals surface area (Å²) < 4.78 is 10.2. The molecule has 5 heteroatoms. The molecule has 0 aromatic rings. The van der Waals surface area contributed by atoms with E-state index in [0.29, 0.717) is 27.8 Å². The zero-order valence-electron chi connectivity index (χ0n) is 8.44. The first-order chi connectivity index (χ1) is 7.24. The van der Waals surface area contributed by atoms with E-state index in [9.17, 15) is 9.59 Å². The van der Waals surface area contributed by atoms with Crippen molar-refractivity contribution in [1.29, 1.82) is 0 Å². The standard InChI is InChI=1S/C10H14O4Se/c11-9-3-1-7(13-9)5-15-6-8-2-4-10(12)14-8/h7-8H,1-6H2. The summed E-state index contributed by atoms with van der Waals surface area (Å²) in [6, 6.07) is 0. The van der Waals surface area contributed by atoms with Gasteiger partial charge in [0.2, 0.25) is 0 Å². The average molecular weight is 277 g/mol. The molecule has 15 heavy (non-hydrogen) atoms. The zero-order chi connectivity index (χ0) is 10.7. The van der Waals surface area contributed by atoms with E-state index in [4.69, 9.17) is 9.47 Å². The molecule has 0 aromatic carbocycles. The number of hydrogen-bond donors (Lipinski definition) is 0. The van der Waals surface area contributed by atoms with Crippen LogP contribution in [0.2, 0.25) is 10.6 Å². The summed E-state index contributed by atoms with van der Waals surface area (Å²) in [6.07, 6.45) is 3.14. The van der Waals surface area contributed by atoms with Crippen molar-refractivity contribution >= 4 is 26.9 Å². The molecule has 2 fully saturated rings. The first-order valence-corrected chi connectivity index (χ1v) is 7.63. The molecule has 0 bridgehead atoms. The second-order valence-corrected chi connectivity index (χ2v) is 6.09.